The van der Waals surface area contributed by atoms with Gasteiger partial charge in [-0.25, -0.2) is 8.42 Å². The van der Waals surface area contributed by atoms with Crippen molar-refractivity contribution in [3.8, 4) is 5.75 Å². The zero-order valence-corrected chi connectivity index (χ0v) is 14.1. The van der Waals surface area contributed by atoms with Crippen molar-refractivity contribution in [1.29, 1.82) is 0 Å². The minimum absolute atomic E-state index is 0.0307. The largest absolute Gasteiger partial charge is 0.496 e. The highest BCUT2D eigenvalue weighted by Crippen LogP contribution is 2.31. The van der Waals surface area contributed by atoms with Crippen molar-refractivity contribution in [2.75, 3.05) is 18.5 Å². The van der Waals surface area contributed by atoms with Gasteiger partial charge in [0.25, 0.3) is 10.0 Å². The number of anilines is 1. The minimum atomic E-state index is -4.47. The van der Waals surface area contributed by atoms with Gasteiger partial charge in [0.1, 0.15) is 5.75 Å². The van der Waals surface area contributed by atoms with Crippen LogP contribution >= 0.6 is 0 Å². The minimum Gasteiger partial charge on any atom is -0.496 e. The number of methoxy groups -OCH3 is 1. The number of halogens is 3. The lowest BCUT2D eigenvalue weighted by molar-refractivity contribution is -0.137. The maximum atomic E-state index is 12.6. The van der Waals surface area contributed by atoms with Gasteiger partial charge in [0.15, 0.2) is 0 Å². The number of ether oxygens (including phenoxy) is 1. The molecule has 2 aromatic rings. The van der Waals surface area contributed by atoms with E-state index in [0.29, 0.717) is 11.3 Å². The Morgan fingerprint density at radius 2 is 1.62 bits per heavy atom. The SMILES string of the molecule is COc1ccc(S(=O)(=O)N(C)c2ccc(C(F)(F)F)cc2)cc1C. The third-order valence-corrected chi connectivity index (χ3v) is 5.36. The fourth-order valence-corrected chi connectivity index (χ4v) is 3.45. The molecule has 0 spiro atoms. The number of benzene rings is 2. The first-order chi connectivity index (χ1) is 11.1. The third kappa shape index (κ3) is 3.48. The molecule has 0 aliphatic rings. The van der Waals surface area contributed by atoms with Gasteiger partial charge in [-0.1, -0.05) is 0 Å². The summed E-state index contributed by atoms with van der Waals surface area (Å²) in [5.74, 6) is 0.547. The summed E-state index contributed by atoms with van der Waals surface area (Å²) >= 11 is 0. The van der Waals surface area contributed by atoms with Crippen molar-refractivity contribution in [2.45, 2.75) is 18.0 Å². The van der Waals surface area contributed by atoms with Crippen LogP contribution in [-0.2, 0) is 16.2 Å². The van der Waals surface area contributed by atoms with Crippen molar-refractivity contribution in [3.63, 3.8) is 0 Å². The van der Waals surface area contributed by atoms with Crippen molar-refractivity contribution >= 4 is 15.7 Å². The van der Waals surface area contributed by atoms with Crippen molar-refractivity contribution in [1.82, 2.24) is 0 Å². The average Bonchev–Trinajstić information content (AvgIpc) is 2.53. The number of hydrogen-bond donors (Lipinski definition) is 0. The van der Waals surface area contributed by atoms with Gasteiger partial charge in [-0.15, -0.1) is 0 Å². The fraction of sp³-hybridized carbons (Fsp3) is 0.250. The molecule has 4 nitrogen and oxygen atoms in total. The topological polar surface area (TPSA) is 46.6 Å². The van der Waals surface area contributed by atoms with E-state index in [1.54, 1.807) is 6.92 Å². The van der Waals surface area contributed by atoms with Gasteiger partial charge in [-0.3, -0.25) is 4.31 Å². The summed E-state index contributed by atoms with van der Waals surface area (Å²) in [5.41, 5.74) is -0.0618. The number of aryl methyl sites for hydroxylation is 1. The van der Waals surface area contributed by atoms with E-state index in [0.717, 1.165) is 28.6 Å². The predicted molar refractivity (Wildman–Crippen MR) is 84.8 cm³/mol. The molecular formula is C16H16F3NO3S. The summed E-state index contributed by atoms with van der Waals surface area (Å²) < 4.78 is 69.1. The maximum Gasteiger partial charge on any atom is 0.416 e. The normalized spacial score (nSPS) is 12.1. The summed E-state index contributed by atoms with van der Waals surface area (Å²) in [6.45, 7) is 1.70. The highest BCUT2D eigenvalue weighted by atomic mass is 32.2. The Kier molecular flexibility index (Phi) is 4.80. The Morgan fingerprint density at radius 1 is 1.04 bits per heavy atom. The van der Waals surface area contributed by atoms with E-state index in [1.165, 1.54) is 32.4 Å². The molecule has 2 rings (SSSR count). The Morgan fingerprint density at radius 3 is 2.08 bits per heavy atom. The molecule has 130 valence electrons. The summed E-state index contributed by atoms with van der Waals surface area (Å²) in [5, 5.41) is 0. The van der Waals surface area contributed by atoms with E-state index in [-0.39, 0.29) is 10.6 Å². The zero-order valence-electron chi connectivity index (χ0n) is 13.3. The van der Waals surface area contributed by atoms with Gasteiger partial charge in [0.05, 0.1) is 23.3 Å². The number of rotatable bonds is 4. The van der Waals surface area contributed by atoms with E-state index in [4.69, 9.17) is 4.74 Å². The molecule has 0 aliphatic heterocycles. The standard InChI is InChI=1S/C16H16F3NO3S/c1-11-10-14(8-9-15(11)23-3)24(21,22)20(2)13-6-4-12(5-7-13)16(17,18)19/h4-10H,1-3H3. The molecule has 0 aliphatic carbocycles. The molecular weight excluding hydrogens is 343 g/mol. The first-order valence-electron chi connectivity index (χ1n) is 6.88. The Balaban J connectivity index is 2.37. The van der Waals surface area contributed by atoms with E-state index >= 15 is 0 Å². The van der Waals surface area contributed by atoms with Gasteiger partial charge < -0.3 is 4.74 Å². The molecule has 0 saturated carbocycles. The molecule has 0 fully saturated rings. The van der Waals surface area contributed by atoms with E-state index < -0.39 is 21.8 Å². The second-order valence-corrected chi connectivity index (χ2v) is 7.12. The van der Waals surface area contributed by atoms with Crippen molar-refractivity contribution < 1.29 is 26.3 Å². The van der Waals surface area contributed by atoms with Gasteiger partial charge in [-0.2, -0.15) is 13.2 Å². The Hall–Kier alpha value is -2.22. The number of hydrogen-bond acceptors (Lipinski definition) is 3. The van der Waals surface area contributed by atoms with Crippen molar-refractivity contribution in [2.24, 2.45) is 0 Å². The molecule has 0 heterocycles. The predicted octanol–water partition coefficient (Wildman–Crippen LogP) is 3.85. The van der Waals surface area contributed by atoms with Crippen LogP contribution in [0.3, 0.4) is 0 Å². The lowest BCUT2D eigenvalue weighted by atomic mass is 10.2. The van der Waals surface area contributed by atoms with Crippen LogP contribution in [0, 0.1) is 6.92 Å². The van der Waals surface area contributed by atoms with E-state index in [9.17, 15) is 21.6 Å². The summed E-state index contributed by atoms with van der Waals surface area (Å²) in [7, 11) is -1.13. The van der Waals surface area contributed by atoms with Crippen LogP contribution in [0.1, 0.15) is 11.1 Å². The molecule has 0 bridgehead atoms. The third-order valence-electron chi connectivity index (χ3n) is 3.58. The Bertz CT molecular complexity index is 831. The average molecular weight is 359 g/mol. The van der Waals surface area contributed by atoms with Crippen LogP contribution < -0.4 is 9.04 Å². The van der Waals surface area contributed by atoms with Gasteiger partial charge in [-0.05, 0) is 55.0 Å². The molecule has 0 radical (unpaired) electrons. The zero-order chi connectivity index (χ0) is 18.1. The van der Waals surface area contributed by atoms with Crippen LogP contribution in [0.25, 0.3) is 0 Å². The monoisotopic (exact) mass is 359 g/mol. The molecule has 24 heavy (non-hydrogen) atoms. The van der Waals surface area contributed by atoms with Crippen LogP contribution in [0.4, 0.5) is 18.9 Å². The van der Waals surface area contributed by atoms with Crippen LogP contribution in [0.2, 0.25) is 0 Å². The lowest BCUT2D eigenvalue weighted by Gasteiger charge is -2.20. The quantitative estimate of drug-likeness (QED) is 0.833. The van der Waals surface area contributed by atoms with Crippen LogP contribution in [-0.4, -0.2) is 22.6 Å². The first-order valence-corrected chi connectivity index (χ1v) is 8.32. The van der Waals surface area contributed by atoms with Gasteiger partial charge >= 0.3 is 6.18 Å². The lowest BCUT2D eigenvalue weighted by Crippen LogP contribution is -2.26. The molecule has 0 N–H and O–H groups in total. The van der Waals surface area contributed by atoms with E-state index in [2.05, 4.69) is 0 Å². The number of alkyl halides is 3. The Labute approximate surface area is 138 Å². The summed E-state index contributed by atoms with van der Waals surface area (Å²) in [4.78, 5) is 0.0307. The molecule has 0 atom stereocenters. The number of nitrogens with zero attached hydrogens (tertiary/aromatic N) is 1. The first kappa shape index (κ1) is 18.1. The molecule has 2 aromatic carbocycles. The second kappa shape index (κ2) is 6.35. The molecule has 0 saturated heterocycles. The fourth-order valence-electron chi connectivity index (χ4n) is 2.17. The molecule has 8 heteroatoms. The highest BCUT2D eigenvalue weighted by Gasteiger charge is 2.30. The van der Waals surface area contributed by atoms with Gasteiger partial charge in [0.2, 0.25) is 0 Å². The number of sulfonamides is 1. The van der Waals surface area contributed by atoms with Crippen molar-refractivity contribution in [3.05, 3.63) is 53.6 Å². The van der Waals surface area contributed by atoms with Crippen LogP contribution in [0.5, 0.6) is 5.75 Å². The second-order valence-electron chi connectivity index (χ2n) is 5.15. The molecule has 0 amide bonds. The van der Waals surface area contributed by atoms with E-state index in [1.807, 2.05) is 0 Å². The smallest absolute Gasteiger partial charge is 0.416 e. The van der Waals surface area contributed by atoms with Gasteiger partial charge in [0, 0.05) is 7.05 Å². The summed E-state index contributed by atoms with van der Waals surface area (Å²) in [6.07, 6.45) is -4.47. The molecule has 0 unspecified atom stereocenters. The highest BCUT2D eigenvalue weighted by molar-refractivity contribution is 7.92. The summed E-state index contributed by atoms with van der Waals surface area (Å²) in [6, 6.07) is 8.31. The molecule has 0 aromatic heterocycles. The maximum absolute atomic E-state index is 12.6. The van der Waals surface area contributed by atoms with Crippen LogP contribution in [0.15, 0.2) is 47.4 Å².